The number of unbranched alkanes of at least 4 members (excludes halogenated alkanes) is 1. The summed E-state index contributed by atoms with van der Waals surface area (Å²) in [4.78, 5) is 76.7. The number of amides is 1. The smallest absolute Gasteiger partial charge is 0.235 e. The van der Waals surface area contributed by atoms with Crippen LogP contribution in [-0.4, -0.2) is 66.9 Å². The first-order valence-electron chi connectivity index (χ1n) is 12.4. The second-order valence-corrected chi connectivity index (χ2v) is 11.2. The maximum atomic E-state index is 13.7. The predicted molar refractivity (Wildman–Crippen MR) is 136 cm³/mol. The van der Waals surface area contributed by atoms with Crippen LogP contribution in [0.25, 0.3) is 6.08 Å². The van der Waals surface area contributed by atoms with Crippen LogP contribution in [0.5, 0.6) is 5.75 Å². The monoisotopic (exact) mass is 543 g/mol. The van der Waals surface area contributed by atoms with Crippen molar-refractivity contribution in [3.8, 4) is 5.75 Å². The Morgan fingerprint density at radius 3 is 2.50 bits per heavy atom. The minimum atomic E-state index is -2.96. The Balaban J connectivity index is 1.74. The number of ketones is 4. The molecule has 1 amide bonds. The number of Topliss-reactive ketones (excluding diaryl/α,β-unsaturated/α-hetero) is 4. The molecule has 0 saturated heterocycles. The zero-order valence-electron chi connectivity index (χ0n) is 20.9. The summed E-state index contributed by atoms with van der Waals surface area (Å²) in [5.41, 5.74) is 2.50. The third kappa shape index (κ3) is 4.13. The standard InChI is InChI=1S/C27H29NO9S/c1-3-4-9-38-16(30)8-6-12-5-7-13-11(2)17-20(23(33)18(13)21(12)31)25(35)27(37)14(22(17)32)10-15(29)19(24(27)34)26(28)36/h5-8,11,14,17,19-20,22,31-32,37H,3-4,9-10H2,1-2H3,(H2,28,36)/t11-,14+,17+,19?,20?,22+,27+/m0/s1. The zero-order chi connectivity index (χ0) is 28.1. The average Bonchev–Trinajstić information content (AvgIpc) is 2.85. The summed E-state index contributed by atoms with van der Waals surface area (Å²) in [5, 5.41) is 33.3. The van der Waals surface area contributed by atoms with E-state index in [1.165, 1.54) is 18.2 Å². The van der Waals surface area contributed by atoms with Crippen LogP contribution in [0.15, 0.2) is 18.2 Å². The summed E-state index contributed by atoms with van der Waals surface area (Å²) >= 11 is 1.12. The number of phenols is 1. The summed E-state index contributed by atoms with van der Waals surface area (Å²) in [7, 11) is 0. The molecule has 11 heteroatoms. The molecule has 0 heterocycles. The van der Waals surface area contributed by atoms with Gasteiger partial charge in [-0.1, -0.05) is 44.2 Å². The quantitative estimate of drug-likeness (QED) is 0.228. The number of benzene rings is 1. The van der Waals surface area contributed by atoms with Crippen molar-refractivity contribution in [2.45, 2.75) is 50.7 Å². The summed E-state index contributed by atoms with van der Waals surface area (Å²) < 4.78 is 0. The molecule has 5 N–H and O–H groups in total. The molecule has 202 valence electrons. The van der Waals surface area contributed by atoms with Gasteiger partial charge in [0.2, 0.25) is 11.0 Å². The Morgan fingerprint density at radius 2 is 1.87 bits per heavy atom. The minimum absolute atomic E-state index is 0.153. The van der Waals surface area contributed by atoms with Crippen LogP contribution in [0.3, 0.4) is 0 Å². The van der Waals surface area contributed by atoms with Crippen LogP contribution >= 0.6 is 11.8 Å². The molecule has 2 unspecified atom stereocenters. The molecular formula is C27H29NO9S. The highest BCUT2D eigenvalue weighted by atomic mass is 32.2. The van der Waals surface area contributed by atoms with Crippen LogP contribution in [-0.2, 0) is 24.0 Å². The maximum Gasteiger partial charge on any atom is 0.235 e. The Labute approximate surface area is 222 Å². The van der Waals surface area contributed by atoms with Gasteiger partial charge in [-0.25, -0.2) is 0 Å². The maximum absolute atomic E-state index is 13.7. The number of phenolic OH excluding ortho intramolecular Hbond substituents is 1. The molecule has 4 rings (SSSR count). The number of aliphatic hydroxyl groups is 2. The van der Waals surface area contributed by atoms with Gasteiger partial charge in [0.1, 0.15) is 5.75 Å². The Bertz CT molecular complexity index is 1290. The molecule has 0 radical (unpaired) electrons. The van der Waals surface area contributed by atoms with Crippen LogP contribution < -0.4 is 5.73 Å². The topological polar surface area (TPSA) is 189 Å². The Hall–Kier alpha value is -3.15. The van der Waals surface area contributed by atoms with Gasteiger partial charge in [-0.2, -0.15) is 0 Å². The molecule has 1 aromatic carbocycles. The summed E-state index contributed by atoms with van der Waals surface area (Å²) in [6, 6.07) is 3.07. The van der Waals surface area contributed by atoms with Gasteiger partial charge in [0.25, 0.3) is 0 Å². The van der Waals surface area contributed by atoms with Crippen molar-refractivity contribution >= 4 is 52.0 Å². The SMILES string of the molecule is CCCCSC(=O)C=Cc1ccc2c(c1O)C(=O)C1C(=O)[C@]3(O)C(=O)C(C(N)=O)C(=O)C[C@@H]3[C@@H](O)[C@@H]1[C@H]2C. The first-order chi connectivity index (χ1) is 17.9. The van der Waals surface area contributed by atoms with E-state index in [0.717, 1.165) is 24.6 Å². The van der Waals surface area contributed by atoms with Crippen molar-refractivity contribution in [3.63, 3.8) is 0 Å². The van der Waals surface area contributed by atoms with Crippen LogP contribution in [0.1, 0.15) is 60.5 Å². The van der Waals surface area contributed by atoms with Gasteiger partial charge in [-0.05, 0) is 30.1 Å². The largest absolute Gasteiger partial charge is 0.507 e. The number of carbonyl (C=O) groups excluding carboxylic acids is 6. The van der Waals surface area contributed by atoms with E-state index in [0.29, 0.717) is 11.3 Å². The molecule has 7 atom stereocenters. The number of hydrogen-bond acceptors (Lipinski definition) is 10. The molecule has 0 spiro atoms. The normalized spacial score (nSPS) is 32.6. The van der Waals surface area contributed by atoms with Gasteiger partial charge >= 0.3 is 0 Å². The molecule has 0 aromatic heterocycles. The van der Waals surface area contributed by atoms with Gasteiger partial charge < -0.3 is 21.1 Å². The summed E-state index contributed by atoms with van der Waals surface area (Å²) in [6.45, 7) is 3.63. The van der Waals surface area contributed by atoms with Crippen molar-refractivity contribution < 1.29 is 44.1 Å². The van der Waals surface area contributed by atoms with Gasteiger partial charge in [0.05, 0.1) is 17.6 Å². The number of fused-ring (bicyclic) bond motifs is 3. The number of aromatic hydroxyl groups is 1. The second-order valence-electron chi connectivity index (χ2n) is 10.1. The van der Waals surface area contributed by atoms with E-state index in [2.05, 4.69) is 0 Å². The molecule has 0 bridgehead atoms. The van der Waals surface area contributed by atoms with Crippen LogP contribution in [0.2, 0.25) is 0 Å². The fourth-order valence-corrected chi connectivity index (χ4v) is 6.83. The molecule has 38 heavy (non-hydrogen) atoms. The van der Waals surface area contributed by atoms with Crippen LogP contribution in [0, 0.1) is 23.7 Å². The van der Waals surface area contributed by atoms with Crippen molar-refractivity contribution in [2.24, 2.45) is 29.4 Å². The van der Waals surface area contributed by atoms with Crippen LogP contribution in [0.4, 0.5) is 0 Å². The van der Waals surface area contributed by atoms with Crippen molar-refractivity contribution in [1.29, 1.82) is 0 Å². The lowest BCUT2D eigenvalue weighted by molar-refractivity contribution is -0.189. The lowest BCUT2D eigenvalue weighted by atomic mass is 9.50. The number of primary amides is 1. The molecule has 3 aliphatic rings. The number of carbonyl (C=O) groups is 6. The second kappa shape index (κ2) is 10.2. The third-order valence-corrected chi connectivity index (χ3v) is 8.94. The van der Waals surface area contributed by atoms with Gasteiger partial charge in [0, 0.05) is 29.6 Å². The molecule has 10 nitrogen and oxygen atoms in total. The van der Waals surface area contributed by atoms with E-state index in [4.69, 9.17) is 5.73 Å². The Morgan fingerprint density at radius 1 is 1.18 bits per heavy atom. The van der Waals surface area contributed by atoms with Crippen molar-refractivity contribution in [2.75, 3.05) is 5.75 Å². The highest BCUT2D eigenvalue weighted by molar-refractivity contribution is 8.14. The third-order valence-electron chi connectivity index (χ3n) is 8.03. The molecule has 2 saturated carbocycles. The Kier molecular flexibility index (Phi) is 7.48. The number of rotatable bonds is 6. The zero-order valence-corrected chi connectivity index (χ0v) is 21.7. The molecule has 1 aromatic rings. The molecule has 2 fully saturated rings. The van der Waals surface area contributed by atoms with Gasteiger partial charge in [0.15, 0.2) is 34.7 Å². The van der Waals surface area contributed by atoms with Crippen molar-refractivity contribution in [1.82, 2.24) is 0 Å². The molecule has 0 aliphatic heterocycles. The number of aliphatic hydroxyl groups excluding tert-OH is 1. The van der Waals surface area contributed by atoms with Crippen molar-refractivity contribution in [3.05, 3.63) is 34.9 Å². The van der Waals surface area contributed by atoms with Gasteiger partial charge in [-0.15, -0.1) is 0 Å². The highest BCUT2D eigenvalue weighted by Gasteiger charge is 2.69. The van der Waals surface area contributed by atoms with E-state index in [1.807, 2.05) is 6.92 Å². The van der Waals surface area contributed by atoms with E-state index in [9.17, 15) is 44.1 Å². The number of hydrogen-bond donors (Lipinski definition) is 4. The van der Waals surface area contributed by atoms with E-state index < -0.39 is 82.5 Å². The van der Waals surface area contributed by atoms with E-state index >= 15 is 0 Å². The fourth-order valence-electron chi connectivity index (χ4n) is 6.03. The minimum Gasteiger partial charge on any atom is -0.507 e. The summed E-state index contributed by atoms with van der Waals surface area (Å²) in [6.07, 6.45) is 2.18. The van der Waals surface area contributed by atoms with E-state index in [-0.39, 0.29) is 16.2 Å². The lowest BCUT2D eigenvalue weighted by Gasteiger charge is -2.52. The van der Waals surface area contributed by atoms with E-state index in [1.54, 1.807) is 13.0 Å². The number of thioether (sulfide) groups is 1. The summed E-state index contributed by atoms with van der Waals surface area (Å²) in [5.74, 6) is -12.8. The highest BCUT2D eigenvalue weighted by Crippen LogP contribution is 2.54. The predicted octanol–water partition coefficient (Wildman–Crippen LogP) is 0.932. The fraction of sp³-hybridized carbons (Fsp3) is 0.481. The average molecular weight is 544 g/mol. The lowest BCUT2D eigenvalue weighted by Crippen LogP contribution is -2.72. The molecule has 3 aliphatic carbocycles. The number of nitrogens with two attached hydrogens (primary N) is 1. The van der Waals surface area contributed by atoms with Gasteiger partial charge in [-0.3, -0.25) is 28.8 Å². The first kappa shape index (κ1) is 27.9. The molecular weight excluding hydrogens is 514 g/mol. The first-order valence-corrected chi connectivity index (χ1v) is 13.4.